The molecule has 1 saturated heterocycles. The number of ether oxygens (including phenoxy) is 2. The Kier molecular flexibility index (Phi) is 8.59. The second-order valence-corrected chi connectivity index (χ2v) is 10.3. The minimum atomic E-state index is -1.14. The first-order valence-electron chi connectivity index (χ1n) is 11.0. The highest BCUT2D eigenvalue weighted by Crippen LogP contribution is 2.51. The molecule has 1 aliphatic heterocycles. The lowest BCUT2D eigenvalue weighted by Gasteiger charge is -2.43. The van der Waals surface area contributed by atoms with E-state index >= 15 is 4.39 Å². The predicted molar refractivity (Wildman–Crippen MR) is 131 cm³/mol. The number of carbonyl (C=O) groups is 1. The number of carboxylic acids is 1. The molecule has 2 aromatic rings. The summed E-state index contributed by atoms with van der Waals surface area (Å²) in [6, 6.07) is 10.6. The molecule has 2 aromatic carbocycles. The smallest absolute Gasteiger partial charge is 0.341 e. The van der Waals surface area contributed by atoms with E-state index in [1.807, 2.05) is 31.2 Å². The molecule has 7 heteroatoms. The first kappa shape index (κ1) is 25.7. The van der Waals surface area contributed by atoms with Crippen LogP contribution in [0.25, 0.3) is 0 Å². The third kappa shape index (κ3) is 6.17. The standard InChI is InChI=1S/C26H29BrClFO4/c1-14(2)11-22-19(16-5-7-17(28)8-6-16)12-18(15(3)4)25(33-22)24-21(29)10-9-20(27)26(24)32-13-23(30)31/h5-10,14,18-19,22,25H,3,11-13H2,1-2,4H3,(H,30,31)/t18-,19-,22+,25+/m0/s1. The van der Waals surface area contributed by atoms with Gasteiger partial charge in [0.05, 0.1) is 22.2 Å². The van der Waals surface area contributed by atoms with Crippen LogP contribution in [0, 0.1) is 17.7 Å². The van der Waals surface area contributed by atoms with Crippen LogP contribution < -0.4 is 4.74 Å². The van der Waals surface area contributed by atoms with Crippen LogP contribution in [-0.4, -0.2) is 23.8 Å². The number of halogens is 3. The van der Waals surface area contributed by atoms with Gasteiger partial charge in [-0.25, -0.2) is 9.18 Å². The van der Waals surface area contributed by atoms with Crippen molar-refractivity contribution in [3.05, 3.63) is 75.0 Å². The molecular formula is C26H29BrClFO4. The fourth-order valence-electron chi connectivity index (χ4n) is 4.50. The summed E-state index contributed by atoms with van der Waals surface area (Å²) in [7, 11) is 0. The van der Waals surface area contributed by atoms with Gasteiger partial charge in [0.25, 0.3) is 0 Å². The Morgan fingerprint density at radius 2 is 1.97 bits per heavy atom. The molecule has 1 N–H and O–H groups in total. The maximum Gasteiger partial charge on any atom is 0.341 e. The fraction of sp³-hybridized carbons (Fsp3) is 0.423. The maximum atomic E-state index is 15.3. The van der Waals surface area contributed by atoms with Crippen molar-refractivity contribution in [2.24, 2.45) is 11.8 Å². The molecule has 0 aliphatic carbocycles. The first-order chi connectivity index (χ1) is 15.6. The Labute approximate surface area is 207 Å². The lowest BCUT2D eigenvalue weighted by atomic mass is 9.74. The summed E-state index contributed by atoms with van der Waals surface area (Å²) in [5.41, 5.74) is 2.21. The average Bonchev–Trinajstić information content (AvgIpc) is 2.74. The zero-order chi connectivity index (χ0) is 24.3. The zero-order valence-corrected chi connectivity index (χ0v) is 21.3. The summed E-state index contributed by atoms with van der Waals surface area (Å²) >= 11 is 9.50. The zero-order valence-electron chi connectivity index (χ0n) is 19.0. The minimum Gasteiger partial charge on any atom is -0.480 e. The lowest BCUT2D eigenvalue weighted by Crippen LogP contribution is -2.37. The van der Waals surface area contributed by atoms with Crippen molar-refractivity contribution < 1.29 is 23.8 Å². The molecule has 0 unspecified atom stereocenters. The Balaban J connectivity index is 2.07. The molecule has 1 fully saturated rings. The molecule has 0 amide bonds. The molecule has 0 spiro atoms. The number of carboxylic acid groups (broad SMARTS) is 1. The Morgan fingerprint density at radius 3 is 2.55 bits per heavy atom. The Morgan fingerprint density at radius 1 is 1.30 bits per heavy atom. The first-order valence-corrected chi connectivity index (χ1v) is 12.1. The SMILES string of the molecule is C=C(C)[C@@H]1C[C@@H](c2ccc(Cl)cc2)[C@@H](CC(C)C)O[C@H]1c1c(F)ccc(Br)c1OCC(=O)O. The monoisotopic (exact) mass is 538 g/mol. The molecule has 0 aromatic heterocycles. The largest absolute Gasteiger partial charge is 0.480 e. The van der Waals surface area contributed by atoms with Gasteiger partial charge in [-0.2, -0.15) is 0 Å². The van der Waals surface area contributed by atoms with E-state index in [4.69, 9.17) is 26.2 Å². The van der Waals surface area contributed by atoms with Crippen molar-refractivity contribution in [3.8, 4) is 5.75 Å². The lowest BCUT2D eigenvalue weighted by molar-refractivity contribution is -0.139. The summed E-state index contributed by atoms with van der Waals surface area (Å²) in [5.74, 6) is -1.23. The number of benzene rings is 2. The van der Waals surface area contributed by atoms with Crippen LogP contribution in [0.2, 0.25) is 5.02 Å². The highest BCUT2D eigenvalue weighted by molar-refractivity contribution is 9.10. The highest BCUT2D eigenvalue weighted by atomic mass is 79.9. The van der Waals surface area contributed by atoms with Gasteiger partial charge in [-0.15, -0.1) is 0 Å². The van der Waals surface area contributed by atoms with Crippen molar-refractivity contribution >= 4 is 33.5 Å². The van der Waals surface area contributed by atoms with Crippen LogP contribution in [0.5, 0.6) is 5.75 Å². The molecular weight excluding hydrogens is 511 g/mol. The van der Waals surface area contributed by atoms with E-state index in [9.17, 15) is 4.79 Å². The van der Waals surface area contributed by atoms with E-state index < -0.39 is 24.5 Å². The summed E-state index contributed by atoms with van der Waals surface area (Å²) < 4.78 is 27.9. The van der Waals surface area contributed by atoms with Crippen molar-refractivity contribution in [1.29, 1.82) is 0 Å². The van der Waals surface area contributed by atoms with Gasteiger partial charge in [-0.3, -0.25) is 0 Å². The number of hydrogen-bond donors (Lipinski definition) is 1. The van der Waals surface area contributed by atoms with Gasteiger partial charge in [0, 0.05) is 16.9 Å². The second-order valence-electron chi connectivity index (χ2n) is 9.03. The van der Waals surface area contributed by atoms with E-state index in [-0.39, 0.29) is 29.3 Å². The molecule has 33 heavy (non-hydrogen) atoms. The van der Waals surface area contributed by atoms with Gasteiger partial charge >= 0.3 is 5.97 Å². The molecule has 0 saturated carbocycles. The van der Waals surface area contributed by atoms with Crippen molar-refractivity contribution in [2.75, 3.05) is 6.61 Å². The van der Waals surface area contributed by atoms with Gasteiger partial charge < -0.3 is 14.6 Å². The highest BCUT2D eigenvalue weighted by Gasteiger charge is 2.42. The van der Waals surface area contributed by atoms with Crippen LogP contribution in [0.15, 0.2) is 53.0 Å². The number of hydrogen-bond acceptors (Lipinski definition) is 3. The normalized spacial score (nSPS) is 22.9. The van der Waals surface area contributed by atoms with E-state index in [2.05, 4.69) is 36.4 Å². The van der Waals surface area contributed by atoms with E-state index in [1.54, 1.807) is 0 Å². The third-order valence-electron chi connectivity index (χ3n) is 6.00. The van der Waals surface area contributed by atoms with E-state index in [0.717, 1.165) is 17.6 Å². The molecule has 0 radical (unpaired) electrons. The predicted octanol–water partition coefficient (Wildman–Crippen LogP) is 7.56. The Hall–Kier alpha value is -1.89. The van der Waals surface area contributed by atoms with Gasteiger partial charge in [0.1, 0.15) is 11.6 Å². The van der Waals surface area contributed by atoms with Crippen LogP contribution in [0.3, 0.4) is 0 Å². The molecule has 0 bridgehead atoms. The van der Waals surface area contributed by atoms with Crippen LogP contribution >= 0.6 is 27.5 Å². The molecule has 1 aliphatic rings. The van der Waals surface area contributed by atoms with E-state index in [0.29, 0.717) is 21.8 Å². The summed E-state index contributed by atoms with van der Waals surface area (Å²) in [6.07, 6.45) is 0.672. The van der Waals surface area contributed by atoms with Crippen LogP contribution in [-0.2, 0) is 9.53 Å². The maximum absolute atomic E-state index is 15.3. The molecule has 4 nitrogen and oxygen atoms in total. The molecule has 4 atom stereocenters. The second kappa shape index (κ2) is 11.0. The van der Waals surface area contributed by atoms with Gasteiger partial charge in [-0.05, 0) is 71.4 Å². The summed E-state index contributed by atoms with van der Waals surface area (Å²) in [6.45, 7) is 9.76. The molecule has 178 valence electrons. The third-order valence-corrected chi connectivity index (χ3v) is 6.87. The van der Waals surface area contributed by atoms with E-state index in [1.165, 1.54) is 12.1 Å². The number of aliphatic carboxylic acids is 1. The fourth-order valence-corrected chi connectivity index (χ4v) is 5.08. The quantitative estimate of drug-likeness (QED) is 0.352. The summed E-state index contributed by atoms with van der Waals surface area (Å²) in [5, 5.41) is 9.78. The minimum absolute atomic E-state index is 0.0845. The topological polar surface area (TPSA) is 55.8 Å². The Bertz CT molecular complexity index is 1010. The molecule has 1 heterocycles. The number of rotatable bonds is 8. The average molecular weight is 540 g/mol. The van der Waals surface area contributed by atoms with Crippen molar-refractivity contribution in [2.45, 2.75) is 51.7 Å². The van der Waals surface area contributed by atoms with Crippen molar-refractivity contribution in [1.82, 2.24) is 0 Å². The van der Waals surface area contributed by atoms with Gasteiger partial charge in [0.2, 0.25) is 0 Å². The van der Waals surface area contributed by atoms with Crippen LogP contribution in [0.1, 0.15) is 56.8 Å². The molecule has 3 rings (SSSR count). The van der Waals surface area contributed by atoms with Gasteiger partial charge in [-0.1, -0.05) is 49.7 Å². The summed E-state index contributed by atoms with van der Waals surface area (Å²) in [4.78, 5) is 11.1. The van der Waals surface area contributed by atoms with Crippen LogP contribution in [0.4, 0.5) is 4.39 Å². The van der Waals surface area contributed by atoms with Gasteiger partial charge in [0.15, 0.2) is 6.61 Å². The van der Waals surface area contributed by atoms with Crippen molar-refractivity contribution in [3.63, 3.8) is 0 Å².